The van der Waals surface area contributed by atoms with Crippen molar-refractivity contribution in [1.82, 2.24) is 25.3 Å². The number of nitrogens with one attached hydrogen (secondary N) is 1. The molecule has 2 aromatic rings. The van der Waals surface area contributed by atoms with Gasteiger partial charge < -0.3 is 5.32 Å². The molecule has 0 amide bonds. The minimum Gasteiger partial charge on any atom is -0.365 e. The standard InChI is InChI=1S/C8H12N6OS/c1-6(5-16(2)15)9-7-3-4-8-10-12-13-14(8)11-7/h3-4,6H,5H2,1-2H3,(H,9,11). The van der Waals surface area contributed by atoms with Crippen LogP contribution >= 0.6 is 0 Å². The topological polar surface area (TPSA) is 85.1 Å². The number of aromatic nitrogens is 5. The summed E-state index contributed by atoms with van der Waals surface area (Å²) in [7, 11) is -0.826. The molecule has 0 aromatic carbocycles. The maximum atomic E-state index is 11.0. The van der Waals surface area contributed by atoms with Gasteiger partial charge in [0.1, 0.15) is 5.82 Å². The lowest BCUT2D eigenvalue weighted by atomic mass is 10.4. The fraction of sp³-hybridized carbons (Fsp3) is 0.500. The van der Waals surface area contributed by atoms with Gasteiger partial charge in [0.2, 0.25) is 0 Å². The Balaban J connectivity index is 2.11. The zero-order valence-electron chi connectivity index (χ0n) is 8.99. The first kappa shape index (κ1) is 10.9. The van der Waals surface area contributed by atoms with Crippen LogP contribution in [0.15, 0.2) is 12.1 Å². The van der Waals surface area contributed by atoms with Crippen LogP contribution in [0.4, 0.5) is 5.82 Å². The van der Waals surface area contributed by atoms with Crippen molar-refractivity contribution in [3.05, 3.63) is 12.1 Å². The third-order valence-corrected chi connectivity index (χ3v) is 2.92. The summed E-state index contributed by atoms with van der Waals surface area (Å²) in [6.07, 6.45) is 1.68. The van der Waals surface area contributed by atoms with E-state index in [-0.39, 0.29) is 6.04 Å². The number of tetrazole rings is 1. The molecule has 2 aromatic heterocycles. The minimum atomic E-state index is -0.826. The maximum absolute atomic E-state index is 11.0. The van der Waals surface area contributed by atoms with Crippen molar-refractivity contribution in [2.45, 2.75) is 13.0 Å². The fourth-order valence-electron chi connectivity index (χ4n) is 1.37. The molecule has 0 aliphatic carbocycles. The van der Waals surface area contributed by atoms with Crippen LogP contribution in [-0.2, 0) is 10.8 Å². The van der Waals surface area contributed by atoms with E-state index in [4.69, 9.17) is 0 Å². The van der Waals surface area contributed by atoms with Gasteiger partial charge in [-0.3, -0.25) is 4.21 Å². The highest BCUT2D eigenvalue weighted by Crippen LogP contribution is 2.05. The molecule has 2 atom stereocenters. The molecule has 0 bridgehead atoms. The Morgan fingerprint density at radius 1 is 1.56 bits per heavy atom. The Labute approximate surface area is 94.7 Å². The molecular weight excluding hydrogens is 228 g/mol. The first-order chi connectivity index (χ1) is 7.65. The van der Waals surface area contributed by atoms with Gasteiger partial charge >= 0.3 is 0 Å². The average Bonchev–Trinajstić information content (AvgIpc) is 2.63. The normalized spacial score (nSPS) is 14.9. The highest BCUT2D eigenvalue weighted by molar-refractivity contribution is 7.84. The van der Waals surface area contributed by atoms with Crippen LogP contribution in [0.3, 0.4) is 0 Å². The molecule has 0 radical (unpaired) electrons. The smallest absolute Gasteiger partial charge is 0.200 e. The molecule has 86 valence electrons. The summed E-state index contributed by atoms with van der Waals surface area (Å²) in [5, 5.41) is 18.2. The lowest BCUT2D eigenvalue weighted by Crippen LogP contribution is -2.23. The van der Waals surface area contributed by atoms with Crippen molar-refractivity contribution in [1.29, 1.82) is 0 Å². The van der Waals surface area contributed by atoms with Gasteiger partial charge in [-0.2, -0.15) is 0 Å². The van der Waals surface area contributed by atoms with E-state index < -0.39 is 10.8 Å². The Kier molecular flexibility index (Phi) is 3.09. The van der Waals surface area contributed by atoms with Crippen LogP contribution in [0.25, 0.3) is 5.65 Å². The van der Waals surface area contributed by atoms with Gasteiger partial charge in [-0.25, -0.2) is 0 Å². The predicted octanol–water partition coefficient (Wildman–Crippen LogP) is -0.302. The second kappa shape index (κ2) is 4.52. The second-order valence-corrected chi connectivity index (χ2v) is 5.01. The first-order valence-electron chi connectivity index (χ1n) is 4.77. The summed E-state index contributed by atoms with van der Waals surface area (Å²) in [6, 6.07) is 3.65. The monoisotopic (exact) mass is 240 g/mol. The predicted molar refractivity (Wildman–Crippen MR) is 60.6 cm³/mol. The van der Waals surface area contributed by atoms with Crippen LogP contribution < -0.4 is 5.32 Å². The molecule has 0 spiro atoms. The summed E-state index contributed by atoms with van der Waals surface area (Å²) >= 11 is 0. The minimum absolute atomic E-state index is 0.0901. The van der Waals surface area contributed by atoms with Crippen molar-refractivity contribution < 1.29 is 4.21 Å². The largest absolute Gasteiger partial charge is 0.365 e. The number of hydrogen-bond donors (Lipinski definition) is 1. The highest BCUT2D eigenvalue weighted by atomic mass is 32.2. The summed E-state index contributed by atoms with van der Waals surface area (Å²) in [5.74, 6) is 1.24. The molecule has 0 aliphatic heterocycles. The van der Waals surface area contributed by atoms with Crippen LogP contribution in [0.5, 0.6) is 0 Å². The number of fused-ring (bicyclic) bond motifs is 1. The van der Waals surface area contributed by atoms with Crippen molar-refractivity contribution in [3.63, 3.8) is 0 Å². The Hall–Kier alpha value is -1.57. The van der Waals surface area contributed by atoms with Gasteiger partial charge in [-0.05, 0) is 29.5 Å². The van der Waals surface area contributed by atoms with Crippen molar-refractivity contribution >= 4 is 22.3 Å². The van der Waals surface area contributed by atoms with Crippen LogP contribution in [-0.4, -0.2) is 47.5 Å². The summed E-state index contributed by atoms with van der Waals surface area (Å²) in [5.41, 5.74) is 0.595. The summed E-state index contributed by atoms with van der Waals surface area (Å²) in [6.45, 7) is 1.95. The molecule has 16 heavy (non-hydrogen) atoms. The molecule has 0 saturated carbocycles. The lowest BCUT2D eigenvalue weighted by Gasteiger charge is -2.12. The van der Waals surface area contributed by atoms with E-state index >= 15 is 0 Å². The Morgan fingerprint density at radius 2 is 2.38 bits per heavy atom. The number of nitrogens with zero attached hydrogens (tertiary/aromatic N) is 5. The van der Waals surface area contributed by atoms with Gasteiger partial charge in [0, 0.05) is 28.9 Å². The SMILES string of the molecule is CC(CS(C)=O)Nc1ccc2nnnn2n1. The Bertz CT molecular complexity index is 512. The molecule has 0 fully saturated rings. The molecular formula is C8H12N6OS. The molecule has 0 saturated heterocycles. The van der Waals surface area contributed by atoms with Gasteiger partial charge in [0.25, 0.3) is 0 Å². The van der Waals surface area contributed by atoms with Crippen molar-refractivity contribution in [2.24, 2.45) is 0 Å². The van der Waals surface area contributed by atoms with Gasteiger partial charge in [-0.15, -0.1) is 14.8 Å². The van der Waals surface area contributed by atoms with Crippen LogP contribution in [0.2, 0.25) is 0 Å². The van der Waals surface area contributed by atoms with Gasteiger partial charge in [0.05, 0.1) is 0 Å². The van der Waals surface area contributed by atoms with E-state index in [1.54, 1.807) is 18.4 Å². The zero-order valence-corrected chi connectivity index (χ0v) is 9.81. The number of hydrogen-bond acceptors (Lipinski definition) is 6. The van der Waals surface area contributed by atoms with Gasteiger partial charge in [0.15, 0.2) is 5.65 Å². The third kappa shape index (κ3) is 2.51. The molecule has 1 N–H and O–H groups in total. The molecule has 2 heterocycles. The zero-order chi connectivity index (χ0) is 11.5. The third-order valence-electron chi connectivity index (χ3n) is 1.95. The molecule has 2 rings (SSSR count). The second-order valence-electron chi connectivity index (χ2n) is 3.53. The van der Waals surface area contributed by atoms with E-state index in [0.29, 0.717) is 17.2 Å². The van der Waals surface area contributed by atoms with E-state index in [1.807, 2.05) is 6.92 Å². The van der Waals surface area contributed by atoms with E-state index in [2.05, 4.69) is 25.9 Å². The quantitative estimate of drug-likeness (QED) is 0.789. The van der Waals surface area contributed by atoms with E-state index in [9.17, 15) is 4.21 Å². The van der Waals surface area contributed by atoms with Crippen molar-refractivity contribution in [2.75, 3.05) is 17.3 Å². The molecule has 8 heteroatoms. The van der Waals surface area contributed by atoms with E-state index in [0.717, 1.165) is 0 Å². The highest BCUT2D eigenvalue weighted by Gasteiger charge is 2.06. The van der Waals surface area contributed by atoms with E-state index in [1.165, 1.54) is 4.63 Å². The van der Waals surface area contributed by atoms with Crippen molar-refractivity contribution in [3.8, 4) is 0 Å². The molecule has 0 aliphatic rings. The van der Waals surface area contributed by atoms with Gasteiger partial charge in [-0.1, -0.05) is 0 Å². The maximum Gasteiger partial charge on any atom is 0.200 e. The fourth-order valence-corrected chi connectivity index (χ4v) is 2.16. The average molecular weight is 240 g/mol. The molecule has 2 unspecified atom stereocenters. The lowest BCUT2D eigenvalue weighted by molar-refractivity contribution is 0.682. The first-order valence-corrected chi connectivity index (χ1v) is 6.50. The number of anilines is 1. The van der Waals surface area contributed by atoms with Crippen LogP contribution in [0, 0.1) is 0 Å². The summed E-state index contributed by atoms with van der Waals surface area (Å²) < 4.78 is 12.4. The van der Waals surface area contributed by atoms with Crippen LogP contribution in [0.1, 0.15) is 6.92 Å². The number of rotatable bonds is 4. The summed E-state index contributed by atoms with van der Waals surface area (Å²) in [4.78, 5) is 0. The Morgan fingerprint density at radius 3 is 3.12 bits per heavy atom. The molecule has 7 nitrogen and oxygen atoms in total.